The number of hydrogen-bond acceptors (Lipinski definition) is 5. The molecule has 0 fully saturated rings. The number of amides is 1. The van der Waals surface area contributed by atoms with Gasteiger partial charge in [0.15, 0.2) is 0 Å². The molecule has 0 bridgehead atoms. The second kappa shape index (κ2) is 6.87. The van der Waals surface area contributed by atoms with Gasteiger partial charge >= 0.3 is 5.97 Å². The van der Waals surface area contributed by atoms with Gasteiger partial charge in [-0.1, -0.05) is 18.2 Å². The number of pyridine rings is 1. The first kappa shape index (κ1) is 16.7. The molecule has 3 aromatic rings. The Morgan fingerprint density at radius 2 is 1.93 bits per heavy atom. The van der Waals surface area contributed by atoms with Gasteiger partial charge in [-0.15, -0.1) is 0 Å². The van der Waals surface area contributed by atoms with E-state index in [0.29, 0.717) is 17.5 Å². The van der Waals surface area contributed by atoms with E-state index in [1.807, 2.05) is 34.9 Å². The Bertz CT molecular complexity index is 1080. The van der Waals surface area contributed by atoms with Gasteiger partial charge in [-0.2, -0.15) is 0 Å². The maximum atomic E-state index is 12.7. The number of fused-ring (bicyclic) bond motifs is 1. The zero-order valence-corrected chi connectivity index (χ0v) is 14.2. The van der Waals surface area contributed by atoms with Crippen LogP contribution in [0.3, 0.4) is 0 Å². The number of carbonyl (C=O) groups is 3. The van der Waals surface area contributed by atoms with Gasteiger partial charge in [-0.3, -0.25) is 14.6 Å². The monoisotopic (exact) mass is 361 g/mol. The molecule has 134 valence electrons. The third-order valence-electron chi connectivity index (χ3n) is 4.28. The van der Waals surface area contributed by atoms with Crippen LogP contribution < -0.4 is 5.32 Å². The lowest BCUT2D eigenvalue weighted by Crippen LogP contribution is -2.31. The Kier molecular flexibility index (Phi) is 4.25. The molecule has 1 aliphatic heterocycles. The molecule has 4 rings (SSSR count). The number of aromatic nitrogens is 2. The number of Topliss-reactive ketones (excluding diaryl/α,β-unsaturated/α-hetero) is 1. The maximum absolute atomic E-state index is 12.7. The number of hydrogen-bond donors (Lipinski definition) is 1. The van der Waals surface area contributed by atoms with Gasteiger partial charge in [0.2, 0.25) is 0 Å². The third-order valence-corrected chi connectivity index (χ3v) is 4.28. The van der Waals surface area contributed by atoms with E-state index in [4.69, 9.17) is 4.74 Å². The molecule has 0 unspecified atom stereocenters. The molecule has 0 saturated heterocycles. The van der Waals surface area contributed by atoms with Crippen molar-refractivity contribution in [1.29, 1.82) is 0 Å². The van der Waals surface area contributed by atoms with Gasteiger partial charge in [-0.05, 0) is 23.8 Å². The average Bonchev–Trinajstić information content (AvgIpc) is 3.26. The van der Waals surface area contributed by atoms with Crippen LogP contribution in [0.4, 0.5) is 0 Å². The molecule has 1 aliphatic rings. The highest BCUT2D eigenvalue weighted by Gasteiger charge is 2.24. The molecule has 0 saturated carbocycles. The minimum atomic E-state index is -0.800. The highest BCUT2D eigenvalue weighted by molar-refractivity contribution is 6.45. The molecule has 1 aromatic carbocycles. The number of benzene rings is 1. The molecule has 1 amide bonds. The van der Waals surface area contributed by atoms with E-state index in [1.165, 1.54) is 0 Å². The van der Waals surface area contributed by atoms with Crippen molar-refractivity contribution in [2.24, 2.45) is 0 Å². The molecule has 3 heterocycles. The van der Waals surface area contributed by atoms with Crippen LogP contribution in [0.5, 0.6) is 0 Å². The lowest BCUT2D eigenvalue weighted by molar-refractivity contribution is -0.135. The molecule has 7 heteroatoms. The number of rotatable bonds is 5. The standard InChI is InChI=1S/C20H15N3O4/c24-18-9-14(12-27-18)22-20(26)19(25)16-11-23(10-13-5-7-21-8-6-13)17-4-2-1-3-15(16)17/h1-9,11H,10,12H2,(H,22,26). The Balaban J connectivity index is 1.65. The van der Waals surface area contributed by atoms with Crippen LogP contribution in [-0.2, 0) is 20.9 Å². The van der Waals surface area contributed by atoms with E-state index < -0.39 is 17.7 Å². The summed E-state index contributed by atoms with van der Waals surface area (Å²) in [6.07, 6.45) is 6.26. The first-order chi connectivity index (χ1) is 13.1. The van der Waals surface area contributed by atoms with Crippen LogP contribution in [0.15, 0.2) is 66.8 Å². The van der Waals surface area contributed by atoms with Crippen LogP contribution in [0.1, 0.15) is 15.9 Å². The van der Waals surface area contributed by atoms with E-state index in [2.05, 4.69) is 10.3 Å². The Labute approximate surface area is 154 Å². The first-order valence-electron chi connectivity index (χ1n) is 8.31. The van der Waals surface area contributed by atoms with E-state index in [9.17, 15) is 14.4 Å². The summed E-state index contributed by atoms with van der Waals surface area (Å²) in [6, 6.07) is 11.2. The highest BCUT2D eigenvalue weighted by atomic mass is 16.5. The van der Waals surface area contributed by atoms with Gasteiger partial charge in [0, 0.05) is 42.1 Å². The van der Waals surface area contributed by atoms with Gasteiger partial charge < -0.3 is 14.6 Å². The van der Waals surface area contributed by atoms with Crippen LogP contribution in [0, 0.1) is 0 Å². The van der Waals surface area contributed by atoms with Crippen molar-refractivity contribution >= 4 is 28.6 Å². The van der Waals surface area contributed by atoms with Crippen molar-refractivity contribution in [3.8, 4) is 0 Å². The maximum Gasteiger partial charge on any atom is 0.333 e. The summed E-state index contributed by atoms with van der Waals surface area (Å²) in [5.74, 6) is -2.00. The Morgan fingerprint density at radius 1 is 1.15 bits per heavy atom. The molecule has 27 heavy (non-hydrogen) atoms. The summed E-state index contributed by atoms with van der Waals surface area (Å²) in [5.41, 5.74) is 2.46. The third kappa shape index (κ3) is 3.35. The van der Waals surface area contributed by atoms with Crippen LogP contribution in [0.2, 0.25) is 0 Å². The number of nitrogens with one attached hydrogen (secondary N) is 1. The number of nitrogens with zero attached hydrogens (tertiary/aromatic N) is 2. The number of ether oxygens (including phenoxy) is 1. The topological polar surface area (TPSA) is 90.3 Å². The smallest absolute Gasteiger partial charge is 0.333 e. The summed E-state index contributed by atoms with van der Waals surface area (Å²) >= 11 is 0. The van der Waals surface area contributed by atoms with Crippen LogP contribution >= 0.6 is 0 Å². The quantitative estimate of drug-likeness (QED) is 0.425. The molecular formula is C20H15N3O4. The second-order valence-electron chi connectivity index (χ2n) is 6.10. The zero-order valence-electron chi connectivity index (χ0n) is 14.2. The number of cyclic esters (lactones) is 1. The predicted molar refractivity (Wildman–Crippen MR) is 96.8 cm³/mol. The molecular weight excluding hydrogens is 346 g/mol. The van der Waals surface area contributed by atoms with Crippen molar-refractivity contribution in [1.82, 2.24) is 14.9 Å². The summed E-state index contributed by atoms with van der Waals surface area (Å²) in [5, 5.41) is 3.13. The molecule has 7 nitrogen and oxygen atoms in total. The Morgan fingerprint density at radius 3 is 2.67 bits per heavy atom. The number of para-hydroxylation sites is 1. The van der Waals surface area contributed by atoms with E-state index in [0.717, 1.165) is 17.2 Å². The average molecular weight is 361 g/mol. The second-order valence-corrected chi connectivity index (χ2v) is 6.10. The summed E-state index contributed by atoms with van der Waals surface area (Å²) < 4.78 is 6.65. The summed E-state index contributed by atoms with van der Waals surface area (Å²) in [4.78, 5) is 40.1. The van der Waals surface area contributed by atoms with Gasteiger partial charge in [0.1, 0.15) is 6.61 Å². The fourth-order valence-electron chi connectivity index (χ4n) is 3.01. The SMILES string of the molecule is O=C1C=C(NC(=O)C(=O)c2cn(Cc3ccncc3)c3ccccc23)CO1. The minimum absolute atomic E-state index is 0.0400. The minimum Gasteiger partial charge on any atom is -0.456 e. The lowest BCUT2D eigenvalue weighted by atomic mass is 10.1. The summed E-state index contributed by atoms with van der Waals surface area (Å²) in [7, 11) is 0. The number of esters is 1. The van der Waals surface area contributed by atoms with E-state index >= 15 is 0 Å². The lowest BCUT2D eigenvalue weighted by Gasteiger charge is -2.04. The largest absolute Gasteiger partial charge is 0.456 e. The van der Waals surface area contributed by atoms with E-state index in [1.54, 1.807) is 24.7 Å². The highest BCUT2D eigenvalue weighted by Crippen LogP contribution is 2.23. The first-order valence-corrected chi connectivity index (χ1v) is 8.31. The molecule has 0 radical (unpaired) electrons. The van der Waals surface area contributed by atoms with Crippen molar-refractivity contribution in [3.63, 3.8) is 0 Å². The van der Waals surface area contributed by atoms with Crippen molar-refractivity contribution in [2.75, 3.05) is 6.61 Å². The van der Waals surface area contributed by atoms with Gasteiger partial charge in [-0.25, -0.2) is 4.79 Å². The fourth-order valence-corrected chi connectivity index (χ4v) is 3.01. The molecule has 0 spiro atoms. The normalized spacial score (nSPS) is 13.3. The van der Waals surface area contributed by atoms with Crippen molar-refractivity contribution in [3.05, 3.63) is 77.9 Å². The van der Waals surface area contributed by atoms with Crippen LogP contribution in [-0.4, -0.2) is 33.8 Å². The predicted octanol–water partition coefficient (Wildman–Crippen LogP) is 1.82. The van der Waals surface area contributed by atoms with Gasteiger partial charge in [0.25, 0.3) is 11.7 Å². The van der Waals surface area contributed by atoms with Crippen molar-refractivity contribution < 1.29 is 19.1 Å². The molecule has 0 aliphatic carbocycles. The summed E-state index contributed by atoms with van der Waals surface area (Å²) in [6.45, 7) is 0.507. The van der Waals surface area contributed by atoms with Crippen LogP contribution in [0.25, 0.3) is 10.9 Å². The number of ketones is 1. The zero-order chi connectivity index (χ0) is 18.8. The molecule has 0 atom stereocenters. The fraction of sp³-hybridized carbons (Fsp3) is 0.100. The van der Waals surface area contributed by atoms with Gasteiger partial charge in [0.05, 0.1) is 11.3 Å². The molecule has 2 aromatic heterocycles. The molecule has 1 N–H and O–H groups in total. The van der Waals surface area contributed by atoms with Crippen molar-refractivity contribution in [2.45, 2.75) is 6.54 Å². The Hall–Kier alpha value is -3.74. The van der Waals surface area contributed by atoms with E-state index in [-0.39, 0.29) is 12.3 Å². The number of carbonyl (C=O) groups excluding carboxylic acids is 3.